The van der Waals surface area contributed by atoms with Gasteiger partial charge in [0.05, 0.1) is 30.0 Å². The Balaban J connectivity index is 2.41. The number of nitrogens with two attached hydrogens (primary N) is 2. The number of carbonyl (C=O) groups excluding carboxylic acids is 1. The van der Waals surface area contributed by atoms with Crippen LogP contribution in [0.15, 0.2) is 36.4 Å². The molecule has 0 spiro atoms. The van der Waals surface area contributed by atoms with Crippen LogP contribution in [0.2, 0.25) is 0 Å². The van der Waals surface area contributed by atoms with Gasteiger partial charge >= 0.3 is 0 Å². The first-order valence-electron chi connectivity index (χ1n) is 6.01. The fourth-order valence-electron chi connectivity index (χ4n) is 1.79. The summed E-state index contributed by atoms with van der Waals surface area (Å²) >= 11 is 0. The van der Waals surface area contributed by atoms with Crippen LogP contribution in [0, 0.1) is 11.3 Å². The Bertz CT molecular complexity index is 735. The number of anilines is 1. The second-order valence-electron chi connectivity index (χ2n) is 4.16. The Morgan fingerprint density at radius 1 is 1.19 bits per heavy atom. The van der Waals surface area contributed by atoms with Crippen LogP contribution >= 0.6 is 0 Å². The first kappa shape index (κ1) is 14.2. The number of nitriles is 1. The minimum absolute atomic E-state index is 0.149. The predicted octanol–water partition coefficient (Wildman–Crippen LogP) is 2.04. The Labute approximate surface area is 121 Å². The molecular formula is C15H13N3O3. The first-order valence-corrected chi connectivity index (χ1v) is 6.01. The van der Waals surface area contributed by atoms with Gasteiger partial charge in [0, 0.05) is 6.07 Å². The van der Waals surface area contributed by atoms with Crippen molar-refractivity contribution in [2.45, 2.75) is 0 Å². The van der Waals surface area contributed by atoms with Crippen molar-refractivity contribution in [2.75, 3.05) is 12.8 Å². The summed E-state index contributed by atoms with van der Waals surface area (Å²) < 4.78 is 10.8. The molecule has 1 amide bonds. The van der Waals surface area contributed by atoms with Gasteiger partial charge in [-0.15, -0.1) is 0 Å². The molecule has 0 saturated carbocycles. The molecule has 2 rings (SSSR count). The quantitative estimate of drug-likeness (QED) is 0.834. The maximum absolute atomic E-state index is 11.3. The zero-order chi connectivity index (χ0) is 15.4. The van der Waals surface area contributed by atoms with E-state index < -0.39 is 5.91 Å². The lowest BCUT2D eigenvalue weighted by atomic mass is 10.1. The summed E-state index contributed by atoms with van der Waals surface area (Å²) in [6.07, 6.45) is 0. The number of ether oxygens (including phenoxy) is 2. The summed E-state index contributed by atoms with van der Waals surface area (Å²) in [5, 5.41) is 8.86. The highest BCUT2D eigenvalue weighted by Crippen LogP contribution is 2.35. The van der Waals surface area contributed by atoms with Crippen LogP contribution in [0.3, 0.4) is 0 Å². The second-order valence-corrected chi connectivity index (χ2v) is 4.16. The van der Waals surface area contributed by atoms with E-state index in [4.69, 9.17) is 26.2 Å². The molecule has 0 radical (unpaired) electrons. The molecule has 4 N–H and O–H groups in total. The van der Waals surface area contributed by atoms with Crippen molar-refractivity contribution in [1.82, 2.24) is 0 Å². The van der Waals surface area contributed by atoms with Gasteiger partial charge in [-0.2, -0.15) is 5.26 Å². The SMILES string of the molecule is COc1cc(C#N)ccc1Oc1cccc(C(N)=O)c1N. The Morgan fingerprint density at radius 3 is 2.57 bits per heavy atom. The number of primary amides is 1. The van der Waals surface area contributed by atoms with E-state index in [0.717, 1.165) is 0 Å². The largest absolute Gasteiger partial charge is 0.493 e. The van der Waals surface area contributed by atoms with E-state index in [9.17, 15) is 4.79 Å². The topological polar surface area (TPSA) is 111 Å². The van der Waals surface area contributed by atoms with E-state index in [1.807, 2.05) is 6.07 Å². The first-order chi connectivity index (χ1) is 10.1. The Hall–Kier alpha value is -3.20. The van der Waals surface area contributed by atoms with Gasteiger partial charge in [-0.25, -0.2) is 0 Å². The number of benzene rings is 2. The van der Waals surface area contributed by atoms with E-state index >= 15 is 0 Å². The van der Waals surface area contributed by atoms with Crippen LogP contribution in [0.5, 0.6) is 17.2 Å². The minimum atomic E-state index is -0.634. The fraction of sp³-hybridized carbons (Fsp3) is 0.0667. The third kappa shape index (κ3) is 2.87. The molecule has 0 unspecified atom stereocenters. The van der Waals surface area contributed by atoms with E-state index in [1.165, 1.54) is 13.2 Å². The molecule has 0 aromatic heterocycles. The number of nitrogen functional groups attached to an aromatic ring is 1. The number of amides is 1. The van der Waals surface area contributed by atoms with Gasteiger partial charge in [-0.3, -0.25) is 4.79 Å². The molecule has 0 bridgehead atoms. The molecule has 2 aromatic carbocycles. The highest BCUT2D eigenvalue weighted by Gasteiger charge is 2.13. The van der Waals surface area contributed by atoms with Crippen LogP contribution in [0.25, 0.3) is 0 Å². The second kappa shape index (κ2) is 5.84. The molecule has 0 aliphatic carbocycles. The van der Waals surface area contributed by atoms with Crippen molar-refractivity contribution < 1.29 is 14.3 Å². The van der Waals surface area contributed by atoms with Crippen LogP contribution in [-0.2, 0) is 0 Å². The molecule has 0 saturated heterocycles. The van der Waals surface area contributed by atoms with Crippen molar-refractivity contribution in [1.29, 1.82) is 5.26 Å². The van der Waals surface area contributed by atoms with Crippen LogP contribution < -0.4 is 20.9 Å². The monoisotopic (exact) mass is 283 g/mol. The number of nitrogens with zero attached hydrogens (tertiary/aromatic N) is 1. The Kier molecular flexibility index (Phi) is 3.95. The zero-order valence-corrected chi connectivity index (χ0v) is 11.3. The highest BCUT2D eigenvalue weighted by molar-refractivity contribution is 5.99. The summed E-state index contributed by atoms with van der Waals surface area (Å²) in [6, 6.07) is 11.5. The lowest BCUT2D eigenvalue weighted by Gasteiger charge is -2.13. The molecule has 21 heavy (non-hydrogen) atoms. The average Bonchev–Trinajstić information content (AvgIpc) is 2.49. The molecule has 0 fully saturated rings. The highest BCUT2D eigenvalue weighted by atomic mass is 16.5. The van der Waals surface area contributed by atoms with E-state index in [1.54, 1.807) is 30.3 Å². The van der Waals surface area contributed by atoms with Crippen molar-refractivity contribution in [3.05, 3.63) is 47.5 Å². The molecule has 106 valence electrons. The van der Waals surface area contributed by atoms with Crippen molar-refractivity contribution in [2.24, 2.45) is 5.73 Å². The number of hydrogen-bond donors (Lipinski definition) is 2. The number of methoxy groups -OCH3 is 1. The Morgan fingerprint density at radius 2 is 1.95 bits per heavy atom. The van der Waals surface area contributed by atoms with Crippen molar-refractivity contribution in [3.63, 3.8) is 0 Å². The van der Waals surface area contributed by atoms with E-state index in [0.29, 0.717) is 17.1 Å². The maximum atomic E-state index is 11.3. The lowest BCUT2D eigenvalue weighted by Crippen LogP contribution is -2.13. The number of para-hydroxylation sites is 1. The molecule has 0 aliphatic rings. The van der Waals surface area contributed by atoms with Gasteiger partial charge in [0.2, 0.25) is 0 Å². The van der Waals surface area contributed by atoms with E-state index in [2.05, 4.69) is 0 Å². The van der Waals surface area contributed by atoms with Crippen LogP contribution in [0.1, 0.15) is 15.9 Å². The summed E-state index contributed by atoms with van der Waals surface area (Å²) in [5.41, 5.74) is 11.9. The minimum Gasteiger partial charge on any atom is -0.493 e. The third-order valence-corrected chi connectivity index (χ3v) is 2.84. The maximum Gasteiger partial charge on any atom is 0.250 e. The van der Waals surface area contributed by atoms with Gasteiger partial charge in [0.15, 0.2) is 17.2 Å². The smallest absolute Gasteiger partial charge is 0.250 e. The fourth-order valence-corrected chi connectivity index (χ4v) is 1.79. The number of rotatable bonds is 4. The number of hydrogen-bond acceptors (Lipinski definition) is 5. The summed E-state index contributed by atoms with van der Waals surface area (Å²) in [4.78, 5) is 11.3. The normalized spacial score (nSPS) is 9.71. The molecule has 0 heterocycles. The zero-order valence-electron chi connectivity index (χ0n) is 11.3. The molecule has 0 atom stereocenters. The van der Waals surface area contributed by atoms with Gasteiger partial charge < -0.3 is 20.9 Å². The molecule has 6 heteroatoms. The molecular weight excluding hydrogens is 270 g/mol. The van der Waals surface area contributed by atoms with E-state index in [-0.39, 0.29) is 17.0 Å². The van der Waals surface area contributed by atoms with Gasteiger partial charge in [0.1, 0.15) is 0 Å². The summed E-state index contributed by atoms with van der Waals surface area (Å²) in [7, 11) is 1.46. The summed E-state index contributed by atoms with van der Waals surface area (Å²) in [5.74, 6) is 0.418. The molecule has 0 aliphatic heterocycles. The average molecular weight is 283 g/mol. The van der Waals surface area contributed by atoms with Crippen molar-refractivity contribution >= 4 is 11.6 Å². The van der Waals surface area contributed by atoms with Crippen molar-refractivity contribution in [3.8, 4) is 23.3 Å². The lowest BCUT2D eigenvalue weighted by molar-refractivity contribution is 0.100. The molecule has 6 nitrogen and oxygen atoms in total. The van der Waals surface area contributed by atoms with Gasteiger partial charge in [0.25, 0.3) is 5.91 Å². The van der Waals surface area contributed by atoms with Gasteiger partial charge in [-0.05, 0) is 24.3 Å². The third-order valence-electron chi connectivity index (χ3n) is 2.84. The molecule has 2 aromatic rings. The number of carbonyl (C=O) groups is 1. The predicted molar refractivity (Wildman–Crippen MR) is 77.2 cm³/mol. The van der Waals surface area contributed by atoms with Crippen LogP contribution in [0.4, 0.5) is 5.69 Å². The summed E-state index contributed by atoms with van der Waals surface area (Å²) in [6.45, 7) is 0. The van der Waals surface area contributed by atoms with Crippen LogP contribution in [-0.4, -0.2) is 13.0 Å². The van der Waals surface area contributed by atoms with Gasteiger partial charge in [-0.1, -0.05) is 6.07 Å². The standard InChI is InChI=1S/C15H13N3O3/c1-20-13-7-9(8-16)5-6-11(13)21-12-4-2-3-10(14(12)17)15(18)19/h2-7H,17H2,1H3,(H2,18,19).